The zero-order valence-corrected chi connectivity index (χ0v) is 27.8. The highest BCUT2D eigenvalue weighted by atomic mass is 16.5. The molecule has 0 unspecified atom stereocenters. The summed E-state index contributed by atoms with van der Waals surface area (Å²) in [7, 11) is 0. The molecule has 0 atom stereocenters. The van der Waals surface area contributed by atoms with Crippen LogP contribution in [0.5, 0.6) is 69.0 Å². The highest BCUT2D eigenvalue weighted by Gasteiger charge is 2.45. The van der Waals surface area contributed by atoms with Crippen LogP contribution < -0.4 is 9.47 Å². The highest BCUT2D eigenvalue weighted by molar-refractivity contribution is 5.77. The maximum atomic E-state index is 10.8. The topological polar surface area (TPSA) is 180 Å². The first-order valence-electron chi connectivity index (χ1n) is 15.9. The number of hydrogen-bond donors (Lipinski definition) is 8. The molecule has 0 saturated heterocycles. The molecular formula is C41H34O10. The first-order chi connectivity index (χ1) is 24.2. The second-order valence-electron chi connectivity index (χ2n) is 12.9. The third-order valence-corrected chi connectivity index (χ3v) is 10.2. The lowest BCUT2D eigenvalue weighted by Crippen LogP contribution is -2.30. The summed E-state index contributed by atoms with van der Waals surface area (Å²) < 4.78 is 11.7. The highest BCUT2D eigenvalue weighted by Crippen LogP contribution is 2.61. The maximum absolute atomic E-state index is 10.8. The fourth-order valence-corrected chi connectivity index (χ4v) is 7.20. The summed E-state index contributed by atoms with van der Waals surface area (Å²) >= 11 is 0. The third-order valence-electron chi connectivity index (χ3n) is 10.2. The Balaban J connectivity index is 1.27. The number of fused-ring (bicyclic) bond motifs is 4. The van der Waals surface area contributed by atoms with Crippen LogP contribution in [0.3, 0.4) is 0 Å². The Labute approximate surface area is 292 Å². The van der Waals surface area contributed by atoms with Gasteiger partial charge in [-0.1, -0.05) is 73.3 Å². The van der Waals surface area contributed by atoms with Crippen molar-refractivity contribution in [3.63, 3.8) is 0 Å². The van der Waals surface area contributed by atoms with Gasteiger partial charge < -0.3 is 50.3 Å². The van der Waals surface area contributed by atoms with Gasteiger partial charge in [0.1, 0.15) is 0 Å². The average Bonchev–Trinajstić information content (AvgIpc) is 3.12. The van der Waals surface area contributed by atoms with Crippen molar-refractivity contribution in [1.82, 2.24) is 0 Å². The summed E-state index contributed by atoms with van der Waals surface area (Å²) in [5.41, 5.74) is 2.99. The quantitative estimate of drug-likeness (QED) is 0.0660. The summed E-state index contributed by atoms with van der Waals surface area (Å²) in [6, 6.07) is 19.5. The molecule has 0 aliphatic carbocycles. The van der Waals surface area contributed by atoms with Crippen LogP contribution in [0, 0.1) is 0 Å². The van der Waals surface area contributed by atoms with Crippen molar-refractivity contribution in [2.24, 2.45) is 0 Å². The monoisotopic (exact) mass is 686 g/mol. The Morgan fingerprint density at radius 2 is 0.902 bits per heavy atom. The number of hydrogen-bond acceptors (Lipinski definition) is 10. The van der Waals surface area contributed by atoms with E-state index in [-0.39, 0.29) is 23.0 Å². The minimum absolute atomic E-state index is 0.0435. The van der Waals surface area contributed by atoms with Crippen LogP contribution >= 0.6 is 0 Å². The van der Waals surface area contributed by atoms with Gasteiger partial charge in [-0.05, 0) is 67.3 Å². The molecule has 2 aliphatic heterocycles. The molecule has 258 valence electrons. The molecule has 5 aromatic carbocycles. The van der Waals surface area contributed by atoms with E-state index in [1.807, 2.05) is 63.3 Å². The van der Waals surface area contributed by atoms with E-state index in [9.17, 15) is 40.9 Å². The molecule has 10 heteroatoms. The first-order valence-corrected chi connectivity index (χ1v) is 15.9. The van der Waals surface area contributed by atoms with Gasteiger partial charge in [0.2, 0.25) is 23.0 Å². The molecule has 10 nitrogen and oxygen atoms in total. The molecule has 0 aromatic heterocycles. The Kier molecular flexibility index (Phi) is 7.37. The lowest BCUT2D eigenvalue weighted by Gasteiger charge is -2.39. The summed E-state index contributed by atoms with van der Waals surface area (Å²) in [6.45, 7) is 9.91. The predicted octanol–water partition coefficient (Wildman–Crippen LogP) is 8.42. The van der Waals surface area contributed by atoms with Crippen molar-refractivity contribution < 1.29 is 50.3 Å². The average molecular weight is 687 g/mol. The lowest BCUT2D eigenvalue weighted by atomic mass is 9.68. The van der Waals surface area contributed by atoms with Crippen molar-refractivity contribution in [3.05, 3.63) is 137 Å². The van der Waals surface area contributed by atoms with E-state index < -0.39 is 56.8 Å². The van der Waals surface area contributed by atoms with Crippen molar-refractivity contribution in [3.8, 4) is 69.0 Å². The summed E-state index contributed by atoms with van der Waals surface area (Å²) in [5, 5.41) is 83.9. The van der Waals surface area contributed by atoms with Gasteiger partial charge in [-0.2, -0.15) is 0 Å². The van der Waals surface area contributed by atoms with E-state index in [2.05, 4.69) is 6.58 Å². The number of allylic oxidation sites excluding steroid dienone is 5. The SMILES string of the molecule is C=C(/C=C\C(=C/C)C1(C)c2ccc(O)c(O)c2Oc2c1ccc(O)c2O)c1ccc(C2(C)c3ccc(O)c(O)c3Oc3c2ccc(O)c3O)cc1. The normalized spacial score (nSPS) is 15.2. The van der Waals surface area contributed by atoms with Gasteiger partial charge in [-0.25, -0.2) is 0 Å². The van der Waals surface area contributed by atoms with Gasteiger partial charge >= 0.3 is 0 Å². The smallest absolute Gasteiger partial charge is 0.201 e. The Morgan fingerprint density at radius 3 is 1.29 bits per heavy atom. The molecular weight excluding hydrogens is 652 g/mol. The maximum Gasteiger partial charge on any atom is 0.201 e. The predicted molar refractivity (Wildman–Crippen MR) is 190 cm³/mol. The minimum atomic E-state index is -1.02. The van der Waals surface area contributed by atoms with Crippen LogP contribution in [-0.2, 0) is 10.8 Å². The summed E-state index contributed by atoms with van der Waals surface area (Å²) in [5.74, 6) is -3.79. The second-order valence-corrected chi connectivity index (χ2v) is 12.9. The number of aromatic hydroxyl groups is 8. The number of phenolic OH excluding ortho intramolecular Hbond substituents is 8. The summed E-state index contributed by atoms with van der Waals surface area (Å²) in [6.07, 6.45) is 5.56. The van der Waals surface area contributed by atoms with Crippen LogP contribution in [0.15, 0.2) is 103 Å². The van der Waals surface area contributed by atoms with Gasteiger partial charge in [0.25, 0.3) is 0 Å². The van der Waals surface area contributed by atoms with Crippen molar-refractivity contribution >= 4 is 5.57 Å². The molecule has 0 fully saturated rings. The van der Waals surface area contributed by atoms with Gasteiger partial charge in [-0.15, -0.1) is 0 Å². The van der Waals surface area contributed by atoms with E-state index >= 15 is 0 Å². The molecule has 2 heterocycles. The van der Waals surface area contributed by atoms with Gasteiger partial charge in [0.15, 0.2) is 46.0 Å². The van der Waals surface area contributed by atoms with Gasteiger partial charge in [-0.3, -0.25) is 0 Å². The van der Waals surface area contributed by atoms with Crippen molar-refractivity contribution in [2.45, 2.75) is 31.6 Å². The molecule has 0 amide bonds. The second kappa shape index (κ2) is 11.4. The van der Waals surface area contributed by atoms with Crippen LogP contribution in [-0.4, -0.2) is 40.9 Å². The Bertz CT molecular complexity index is 2240. The number of ether oxygens (including phenoxy) is 2. The van der Waals surface area contributed by atoms with Crippen LogP contribution in [0.25, 0.3) is 5.57 Å². The van der Waals surface area contributed by atoms with E-state index in [1.54, 1.807) is 24.3 Å². The molecule has 0 spiro atoms. The van der Waals surface area contributed by atoms with E-state index in [4.69, 9.17) is 9.47 Å². The fourth-order valence-electron chi connectivity index (χ4n) is 7.20. The van der Waals surface area contributed by atoms with Crippen molar-refractivity contribution in [1.29, 1.82) is 0 Å². The standard InChI is InChI=1S/C41H34O10/c1-5-22(40(3)24-12-16-28(42)32(46)36(24)50-37-25(40)13-17-29(43)33(37)47)9-6-20(2)21-7-10-23(11-8-21)41(4)26-14-18-30(44)34(48)38(26)51-39-27(41)15-19-31(45)35(39)49/h5-19,42-49H,2H2,1,3-4H3/b9-6-,22-5+. The Morgan fingerprint density at radius 1 is 0.529 bits per heavy atom. The number of rotatable bonds is 5. The van der Waals surface area contributed by atoms with E-state index in [0.29, 0.717) is 27.8 Å². The summed E-state index contributed by atoms with van der Waals surface area (Å²) in [4.78, 5) is 0. The van der Waals surface area contributed by atoms with E-state index in [0.717, 1.165) is 16.7 Å². The fraction of sp³-hybridized carbons (Fsp3) is 0.122. The third kappa shape index (κ3) is 4.64. The molecule has 2 aliphatic rings. The van der Waals surface area contributed by atoms with Crippen LogP contribution in [0.2, 0.25) is 0 Å². The number of benzene rings is 5. The molecule has 8 N–H and O–H groups in total. The zero-order chi connectivity index (χ0) is 36.6. The molecule has 0 saturated carbocycles. The molecule has 51 heavy (non-hydrogen) atoms. The van der Waals surface area contributed by atoms with Gasteiger partial charge in [0, 0.05) is 33.1 Å². The van der Waals surface area contributed by atoms with Crippen molar-refractivity contribution in [2.75, 3.05) is 0 Å². The number of phenols is 8. The minimum Gasteiger partial charge on any atom is -0.504 e. The van der Waals surface area contributed by atoms with Crippen LogP contribution in [0.1, 0.15) is 54.2 Å². The molecule has 5 aromatic rings. The molecule has 0 bridgehead atoms. The first kappa shape index (κ1) is 32.8. The Hall–Kier alpha value is -6.68. The van der Waals surface area contributed by atoms with Crippen LogP contribution in [0.4, 0.5) is 0 Å². The van der Waals surface area contributed by atoms with E-state index in [1.165, 1.54) is 24.3 Å². The van der Waals surface area contributed by atoms with Gasteiger partial charge in [0.05, 0.1) is 0 Å². The zero-order valence-electron chi connectivity index (χ0n) is 27.8. The molecule has 7 rings (SSSR count). The largest absolute Gasteiger partial charge is 0.504 e. The molecule has 0 radical (unpaired) electrons. The lowest BCUT2D eigenvalue weighted by molar-refractivity contribution is 0.331.